The molecule has 2 unspecified atom stereocenters. The number of esters is 2. The molecule has 274 valence electrons. The lowest BCUT2D eigenvalue weighted by Crippen LogP contribution is -2.40. The molecule has 9 heteroatoms. The van der Waals surface area contributed by atoms with Gasteiger partial charge in [0.25, 0.3) is 0 Å². The van der Waals surface area contributed by atoms with Crippen LogP contribution in [0.3, 0.4) is 0 Å². The fourth-order valence-corrected chi connectivity index (χ4v) is 7.89. The summed E-state index contributed by atoms with van der Waals surface area (Å²) < 4.78 is 43.5. The molecule has 3 heterocycles. The van der Waals surface area contributed by atoms with Crippen LogP contribution >= 0.6 is 0 Å². The van der Waals surface area contributed by atoms with Gasteiger partial charge in [0.15, 0.2) is 11.2 Å². The van der Waals surface area contributed by atoms with E-state index in [4.69, 9.17) is 33.2 Å². The summed E-state index contributed by atoms with van der Waals surface area (Å²) >= 11 is 0. The molecule has 3 aliphatic heterocycles. The van der Waals surface area contributed by atoms with Gasteiger partial charge in [0.1, 0.15) is 24.7 Å². The van der Waals surface area contributed by atoms with Gasteiger partial charge in [-0.05, 0) is 13.8 Å². The predicted molar refractivity (Wildman–Crippen MR) is 196 cm³/mol. The van der Waals surface area contributed by atoms with Crippen LogP contribution in [0, 0.1) is 11.8 Å². The number of hydrogen-bond donors (Lipinski definition) is 0. The number of ether oxygens (including phenoxy) is 7. The van der Waals surface area contributed by atoms with Crippen LogP contribution in [-0.4, -0.2) is 64.8 Å². The minimum atomic E-state index is -1.05. The zero-order valence-corrected chi connectivity index (χ0v) is 30.0. The lowest BCUT2D eigenvalue weighted by atomic mass is 9.74. The average molecular weight is 717 g/mol. The first kappa shape index (κ1) is 36.2. The fraction of sp³-hybridized carbons (Fsp3) is 0.318. The Labute approximate surface area is 310 Å². The van der Waals surface area contributed by atoms with Gasteiger partial charge in [-0.15, -0.1) is 0 Å². The Morgan fingerprint density at radius 1 is 0.434 bits per heavy atom. The quantitative estimate of drug-likeness (QED) is 0.210. The molecular weight excluding hydrogens is 672 g/mol. The van der Waals surface area contributed by atoms with Crippen LogP contribution < -0.4 is 0 Å². The van der Waals surface area contributed by atoms with Crippen molar-refractivity contribution in [2.75, 3.05) is 52.9 Å². The van der Waals surface area contributed by atoms with Crippen molar-refractivity contribution < 1.29 is 42.7 Å². The Morgan fingerprint density at radius 2 is 0.736 bits per heavy atom. The average Bonchev–Trinajstić information content (AvgIpc) is 3.67. The number of carbonyl (C=O) groups excluding carboxylic acids is 2. The summed E-state index contributed by atoms with van der Waals surface area (Å²) in [6.45, 7) is 4.74. The van der Waals surface area contributed by atoms with Crippen molar-refractivity contribution in [1.29, 1.82) is 0 Å². The summed E-state index contributed by atoms with van der Waals surface area (Å²) in [7, 11) is 0. The smallest absolute Gasteiger partial charge is 0.338 e. The zero-order chi connectivity index (χ0) is 36.7. The monoisotopic (exact) mass is 716 g/mol. The van der Waals surface area contributed by atoms with E-state index in [1.54, 1.807) is 13.8 Å². The van der Waals surface area contributed by atoms with Crippen molar-refractivity contribution >= 4 is 11.9 Å². The van der Waals surface area contributed by atoms with Gasteiger partial charge >= 0.3 is 11.9 Å². The number of fused-ring (bicyclic) bond motifs is 2. The van der Waals surface area contributed by atoms with E-state index in [1.807, 2.05) is 121 Å². The van der Waals surface area contributed by atoms with E-state index < -0.39 is 35.0 Å². The largest absolute Gasteiger partial charge is 0.481 e. The number of hydrogen-bond acceptors (Lipinski definition) is 9. The summed E-state index contributed by atoms with van der Waals surface area (Å²) in [6, 6.07) is 39.3. The van der Waals surface area contributed by atoms with Gasteiger partial charge in [-0.2, -0.15) is 0 Å². The molecule has 0 saturated carbocycles. The number of rotatable bonds is 4. The van der Waals surface area contributed by atoms with E-state index >= 15 is 0 Å². The normalized spacial score (nSPS) is 22.5. The minimum absolute atomic E-state index is 0.163. The van der Waals surface area contributed by atoms with E-state index in [0.29, 0.717) is 35.9 Å². The molecule has 1 fully saturated rings. The Hall–Kier alpha value is -5.22. The van der Waals surface area contributed by atoms with Crippen molar-refractivity contribution in [2.24, 2.45) is 11.8 Å². The Balaban J connectivity index is 1.17. The molecule has 0 bridgehead atoms. The summed E-state index contributed by atoms with van der Waals surface area (Å²) in [4.78, 5) is 28.0. The summed E-state index contributed by atoms with van der Waals surface area (Å²) in [5.74, 6) is -1.35. The molecule has 7 rings (SSSR count). The molecule has 1 saturated heterocycles. The third-order valence-corrected chi connectivity index (χ3v) is 10.2. The summed E-state index contributed by atoms with van der Waals surface area (Å²) in [6.07, 6.45) is 0. The van der Waals surface area contributed by atoms with E-state index in [0.717, 1.165) is 22.3 Å². The number of cyclic esters (lactones) is 2. The zero-order valence-electron chi connectivity index (χ0n) is 30.0. The molecule has 0 amide bonds. The second kappa shape index (κ2) is 16.2. The van der Waals surface area contributed by atoms with Gasteiger partial charge < -0.3 is 33.2 Å². The highest BCUT2D eigenvalue weighted by molar-refractivity contribution is 5.92. The number of benzene rings is 4. The van der Waals surface area contributed by atoms with Crippen LogP contribution in [0.5, 0.6) is 0 Å². The maximum absolute atomic E-state index is 14.0. The van der Waals surface area contributed by atoms with Crippen molar-refractivity contribution in [3.05, 3.63) is 166 Å². The molecule has 2 atom stereocenters. The van der Waals surface area contributed by atoms with Crippen molar-refractivity contribution in [1.82, 2.24) is 0 Å². The SMILES string of the molecule is CC1=C2C(=O)OCCOC(=O)C3=C(C)OC(c4ccccc4)(c4ccccc4)C3COCCOCCOCC2C(c2ccccc2)(c2ccccc2)O1. The first-order valence-corrected chi connectivity index (χ1v) is 18.1. The van der Waals surface area contributed by atoms with Gasteiger partial charge in [-0.1, -0.05) is 121 Å². The van der Waals surface area contributed by atoms with Gasteiger partial charge in [0.05, 0.1) is 62.6 Å². The van der Waals surface area contributed by atoms with Crippen LogP contribution in [-0.2, 0) is 53.9 Å². The summed E-state index contributed by atoms with van der Waals surface area (Å²) in [5.41, 5.74) is 2.15. The maximum atomic E-state index is 14.0. The highest BCUT2D eigenvalue weighted by Gasteiger charge is 2.55. The molecule has 0 N–H and O–H groups in total. The first-order chi connectivity index (χ1) is 26.0. The van der Waals surface area contributed by atoms with Crippen LogP contribution in [0.1, 0.15) is 36.1 Å². The molecule has 0 aliphatic carbocycles. The molecule has 53 heavy (non-hydrogen) atoms. The second-order valence-electron chi connectivity index (χ2n) is 13.2. The molecule has 0 spiro atoms. The van der Waals surface area contributed by atoms with Gasteiger partial charge in [0.2, 0.25) is 0 Å². The number of carbonyl (C=O) groups is 2. The third-order valence-electron chi connectivity index (χ3n) is 10.2. The maximum Gasteiger partial charge on any atom is 0.338 e. The first-order valence-electron chi connectivity index (χ1n) is 18.1. The Morgan fingerprint density at radius 3 is 1.06 bits per heavy atom. The number of allylic oxidation sites excluding steroid dienone is 2. The molecule has 4 aromatic rings. The topological polar surface area (TPSA) is 98.8 Å². The second-order valence-corrected chi connectivity index (χ2v) is 13.2. The molecule has 3 aliphatic rings. The minimum Gasteiger partial charge on any atom is -0.481 e. The van der Waals surface area contributed by atoms with Crippen LogP contribution in [0.15, 0.2) is 144 Å². The predicted octanol–water partition coefficient (Wildman–Crippen LogP) is 6.86. The van der Waals surface area contributed by atoms with E-state index in [-0.39, 0.29) is 39.6 Å². The van der Waals surface area contributed by atoms with Gasteiger partial charge in [-0.3, -0.25) is 0 Å². The highest BCUT2D eigenvalue weighted by atomic mass is 16.6. The van der Waals surface area contributed by atoms with Gasteiger partial charge in [-0.25, -0.2) is 9.59 Å². The molecule has 0 aromatic heterocycles. The Bertz CT molecular complexity index is 1700. The molecule has 4 aromatic carbocycles. The lowest BCUT2D eigenvalue weighted by Gasteiger charge is -2.36. The van der Waals surface area contributed by atoms with E-state index in [2.05, 4.69) is 0 Å². The molecular formula is C44H44O9. The van der Waals surface area contributed by atoms with Crippen LogP contribution in [0.4, 0.5) is 0 Å². The van der Waals surface area contributed by atoms with Crippen molar-refractivity contribution in [3.8, 4) is 0 Å². The van der Waals surface area contributed by atoms with Crippen LogP contribution in [0.2, 0.25) is 0 Å². The molecule has 0 radical (unpaired) electrons. The fourth-order valence-electron chi connectivity index (χ4n) is 7.89. The highest BCUT2D eigenvalue weighted by Crippen LogP contribution is 2.53. The lowest BCUT2D eigenvalue weighted by molar-refractivity contribution is -0.148. The van der Waals surface area contributed by atoms with Gasteiger partial charge in [0, 0.05) is 22.3 Å². The van der Waals surface area contributed by atoms with E-state index in [1.165, 1.54) is 0 Å². The van der Waals surface area contributed by atoms with E-state index in [9.17, 15) is 9.59 Å². The third kappa shape index (κ3) is 7.00. The van der Waals surface area contributed by atoms with Crippen molar-refractivity contribution in [3.63, 3.8) is 0 Å². The summed E-state index contributed by atoms with van der Waals surface area (Å²) in [5, 5.41) is 0. The standard InChI is InChI=1S/C44H44O9/c1-31-39-37(43(52-31,33-15-7-3-8-16-33)34-17-9-4-10-18-34)29-48-25-23-47-24-26-49-30-38-40(42(46)51-28-27-50-41(39)45)32(2)53-44(38,35-19-11-5-12-20-35)36-21-13-6-14-22-36/h3-22,37-38H,23-30H2,1-2H3. The van der Waals surface area contributed by atoms with Crippen LogP contribution in [0.25, 0.3) is 0 Å². The van der Waals surface area contributed by atoms with Crippen molar-refractivity contribution in [2.45, 2.75) is 25.0 Å². The Kier molecular flexibility index (Phi) is 11.1. The molecule has 9 nitrogen and oxygen atoms in total.